The molecule has 0 unspecified atom stereocenters. The number of fused-ring (bicyclic) bond motifs is 12. The van der Waals surface area contributed by atoms with Crippen molar-refractivity contribution in [3.63, 3.8) is 0 Å². The first-order valence-electron chi connectivity index (χ1n) is 17.7. The smallest absolute Gasteiger partial charge is 0.0626 e. The molecule has 0 amide bonds. The number of hydrogen-bond donors (Lipinski definition) is 0. The second-order valence-electron chi connectivity index (χ2n) is 13.6. The van der Waals surface area contributed by atoms with Crippen molar-refractivity contribution < 1.29 is 0 Å². The highest BCUT2D eigenvalue weighted by molar-refractivity contribution is 6.36. The molecule has 1 heteroatoms. The van der Waals surface area contributed by atoms with E-state index in [-0.39, 0.29) is 0 Å². The Labute approximate surface area is 295 Å². The lowest BCUT2D eigenvalue weighted by Gasteiger charge is -2.18. The van der Waals surface area contributed by atoms with Crippen LogP contribution in [0.25, 0.3) is 104 Å². The summed E-state index contributed by atoms with van der Waals surface area (Å²) in [6.07, 6.45) is 0. The van der Waals surface area contributed by atoms with Crippen molar-refractivity contribution >= 4 is 75.7 Å². The Morgan fingerprint density at radius 1 is 0.275 bits per heavy atom. The van der Waals surface area contributed by atoms with Crippen molar-refractivity contribution in [1.29, 1.82) is 0 Å². The maximum absolute atomic E-state index is 2.50. The van der Waals surface area contributed by atoms with Crippen LogP contribution in [0.1, 0.15) is 0 Å². The fourth-order valence-corrected chi connectivity index (χ4v) is 8.84. The van der Waals surface area contributed by atoms with Gasteiger partial charge in [0.2, 0.25) is 0 Å². The zero-order valence-corrected chi connectivity index (χ0v) is 27.8. The molecule has 1 heterocycles. The van der Waals surface area contributed by atoms with E-state index in [2.05, 4.69) is 193 Å². The number of aromatic nitrogens is 1. The predicted octanol–water partition coefficient (Wildman–Crippen LogP) is 13.9. The third-order valence-electron chi connectivity index (χ3n) is 10.9. The van der Waals surface area contributed by atoms with Crippen LogP contribution in [0, 0.1) is 0 Å². The van der Waals surface area contributed by atoms with E-state index >= 15 is 0 Å². The highest BCUT2D eigenvalue weighted by Gasteiger charge is 2.21. The van der Waals surface area contributed by atoms with Crippen LogP contribution in [-0.4, -0.2) is 4.57 Å². The van der Waals surface area contributed by atoms with Gasteiger partial charge in [0.1, 0.15) is 0 Å². The number of hydrogen-bond acceptors (Lipinski definition) is 0. The van der Waals surface area contributed by atoms with Crippen LogP contribution >= 0.6 is 0 Å². The van der Waals surface area contributed by atoms with Gasteiger partial charge < -0.3 is 4.57 Å². The largest absolute Gasteiger partial charge is 0.309 e. The summed E-state index contributed by atoms with van der Waals surface area (Å²) in [4.78, 5) is 0. The lowest BCUT2D eigenvalue weighted by Crippen LogP contribution is -1.95. The molecule has 0 aliphatic rings. The Hall–Kier alpha value is -6.70. The van der Waals surface area contributed by atoms with Crippen LogP contribution in [0.4, 0.5) is 0 Å². The molecule has 0 saturated carbocycles. The summed E-state index contributed by atoms with van der Waals surface area (Å²) in [6, 6.07) is 69.1. The zero-order chi connectivity index (χ0) is 33.5. The normalized spacial score (nSPS) is 11.9. The molecule has 1 aromatic heterocycles. The van der Waals surface area contributed by atoms with Crippen LogP contribution in [0.15, 0.2) is 188 Å². The van der Waals surface area contributed by atoms with Crippen molar-refractivity contribution in [2.45, 2.75) is 0 Å². The third-order valence-corrected chi connectivity index (χ3v) is 10.9. The number of rotatable bonds is 3. The van der Waals surface area contributed by atoms with Crippen molar-refractivity contribution in [2.24, 2.45) is 0 Å². The summed E-state index contributed by atoms with van der Waals surface area (Å²) in [5, 5.41) is 15.4. The Kier molecular flexibility index (Phi) is 6.02. The summed E-state index contributed by atoms with van der Waals surface area (Å²) in [5.41, 5.74) is 8.66. The molecule has 0 radical (unpaired) electrons. The van der Waals surface area contributed by atoms with E-state index in [0.717, 1.165) is 5.69 Å². The number of benzene rings is 10. The molecule has 236 valence electrons. The van der Waals surface area contributed by atoms with Gasteiger partial charge in [-0.05, 0) is 88.9 Å². The van der Waals surface area contributed by atoms with Crippen molar-refractivity contribution in [3.05, 3.63) is 188 Å². The van der Waals surface area contributed by atoms with E-state index in [4.69, 9.17) is 0 Å². The highest BCUT2D eigenvalue weighted by atomic mass is 15.0. The van der Waals surface area contributed by atoms with Crippen LogP contribution < -0.4 is 0 Å². The molecule has 0 aliphatic heterocycles. The van der Waals surface area contributed by atoms with E-state index in [9.17, 15) is 0 Å². The van der Waals surface area contributed by atoms with Crippen molar-refractivity contribution in [1.82, 2.24) is 4.57 Å². The minimum absolute atomic E-state index is 1.16. The van der Waals surface area contributed by atoms with Gasteiger partial charge in [-0.3, -0.25) is 0 Å². The minimum atomic E-state index is 1.16. The first-order chi connectivity index (χ1) is 25.3. The molecular weight excluding hydrogens is 615 g/mol. The monoisotopic (exact) mass is 645 g/mol. The standard InChI is InChI=1S/C50H31N/c1-2-15-33(16-3-1)46-40-21-9-11-23-42(40)47(43-24-12-10-22-41(43)46)34-26-29-35(30-27-34)51-45-31-28-32-14-4-5-17-36(32)48(45)49-39-20-8-6-18-37(39)38-19-7-13-25-44(38)50(49)51/h1-31H. The van der Waals surface area contributed by atoms with Gasteiger partial charge in [0.15, 0.2) is 0 Å². The quantitative estimate of drug-likeness (QED) is 0.133. The second kappa shape index (κ2) is 10.9. The van der Waals surface area contributed by atoms with Gasteiger partial charge in [-0.1, -0.05) is 170 Å². The molecule has 0 bridgehead atoms. The Balaban J connectivity index is 1.22. The molecule has 0 atom stereocenters. The van der Waals surface area contributed by atoms with E-state index in [1.165, 1.54) is 97.9 Å². The van der Waals surface area contributed by atoms with Crippen LogP contribution in [0.3, 0.4) is 0 Å². The maximum atomic E-state index is 2.50. The summed E-state index contributed by atoms with van der Waals surface area (Å²) in [5.74, 6) is 0. The van der Waals surface area contributed by atoms with Gasteiger partial charge >= 0.3 is 0 Å². The summed E-state index contributed by atoms with van der Waals surface area (Å²) in [6.45, 7) is 0. The maximum Gasteiger partial charge on any atom is 0.0626 e. The van der Waals surface area contributed by atoms with E-state index in [1.807, 2.05) is 0 Å². The molecule has 10 aromatic carbocycles. The molecule has 0 spiro atoms. The average Bonchev–Trinajstić information content (AvgIpc) is 3.57. The first-order valence-corrected chi connectivity index (χ1v) is 17.7. The fraction of sp³-hybridized carbons (Fsp3) is 0. The first kappa shape index (κ1) is 28.2. The molecule has 51 heavy (non-hydrogen) atoms. The Morgan fingerprint density at radius 3 is 1.33 bits per heavy atom. The molecule has 0 fully saturated rings. The summed E-state index contributed by atoms with van der Waals surface area (Å²) >= 11 is 0. The predicted molar refractivity (Wildman–Crippen MR) is 219 cm³/mol. The highest BCUT2D eigenvalue weighted by Crippen LogP contribution is 2.46. The Bertz CT molecular complexity index is 3110. The second-order valence-corrected chi connectivity index (χ2v) is 13.6. The van der Waals surface area contributed by atoms with Crippen molar-refractivity contribution in [2.75, 3.05) is 0 Å². The Morgan fingerprint density at radius 2 is 0.725 bits per heavy atom. The lowest BCUT2D eigenvalue weighted by molar-refractivity contribution is 1.19. The van der Waals surface area contributed by atoms with Crippen LogP contribution in [0.2, 0.25) is 0 Å². The molecular formula is C50H31N. The molecule has 0 saturated heterocycles. The van der Waals surface area contributed by atoms with Crippen LogP contribution in [-0.2, 0) is 0 Å². The zero-order valence-electron chi connectivity index (χ0n) is 27.8. The van der Waals surface area contributed by atoms with Gasteiger partial charge in [-0.25, -0.2) is 0 Å². The lowest BCUT2D eigenvalue weighted by atomic mass is 9.86. The SMILES string of the molecule is c1ccc(-c2c3ccccc3c(-c3ccc(-n4c5ccc6ccccc6c5c5c6ccccc6c6ccccc6c54)cc3)c3ccccc23)cc1. The molecule has 1 nitrogen and oxygen atoms in total. The number of nitrogens with zero attached hydrogens (tertiary/aromatic N) is 1. The van der Waals surface area contributed by atoms with Crippen LogP contribution in [0.5, 0.6) is 0 Å². The van der Waals surface area contributed by atoms with Gasteiger partial charge in [-0.15, -0.1) is 0 Å². The van der Waals surface area contributed by atoms with E-state index in [0.29, 0.717) is 0 Å². The fourth-order valence-electron chi connectivity index (χ4n) is 8.84. The summed E-state index contributed by atoms with van der Waals surface area (Å²) in [7, 11) is 0. The van der Waals surface area contributed by atoms with Gasteiger partial charge in [0.25, 0.3) is 0 Å². The summed E-state index contributed by atoms with van der Waals surface area (Å²) < 4.78 is 2.50. The molecule has 0 N–H and O–H groups in total. The van der Waals surface area contributed by atoms with Gasteiger partial charge in [0.05, 0.1) is 11.0 Å². The average molecular weight is 646 g/mol. The van der Waals surface area contributed by atoms with Gasteiger partial charge in [-0.2, -0.15) is 0 Å². The van der Waals surface area contributed by atoms with E-state index < -0.39 is 0 Å². The van der Waals surface area contributed by atoms with Gasteiger partial charge in [0, 0.05) is 21.8 Å². The third kappa shape index (κ3) is 4.03. The van der Waals surface area contributed by atoms with Crippen molar-refractivity contribution in [3.8, 4) is 27.9 Å². The molecule has 11 rings (SSSR count). The molecule has 0 aliphatic carbocycles. The molecule has 11 aromatic rings. The minimum Gasteiger partial charge on any atom is -0.309 e. The van der Waals surface area contributed by atoms with E-state index in [1.54, 1.807) is 0 Å². The topological polar surface area (TPSA) is 4.93 Å².